The molecule has 0 unspecified atom stereocenters. The van der Waals surface area contributed by atoms with Crippen LogP contribution in [0, 0.1) is 0 Å². The number of carbonyl (C=O) groups is 1. The molecule has 2 rings (SSSR count). The average molecular weight is 249 g/mol. The molecule has 1 heterocycles. The molecule has 1 aromatic carbocycles. The summed E-state index contributed by atoms with van der Waals surface area (Å²) in [6.45, 7) is 6.02. The Labute approximate surface area is 107 Å². The molecule has 0 aliphatic carbocycles. The normalized spacial score (nSPS) is 18.5. The topological polar surface area (TPSA) is 47.6 Å². The summed E-state index contributed by atoms with van der Waals surface area (Å²) in [7, 11) is 0. The van der Waals surface area contributed by atoms with Crippen molar-refractivity contribution in [3.63, 3.8) is 0 Å². The number of amides is 1. The molecule has 0 radical (unpaired) electrons. The number of carbonyl (C=O) groups excluding carboxylic acids is 1. The summed E-state index contributed by atoms with van der Waals surface area (Å²) < 4.78 is 10.8. The van der Waals surface area contributed by atoms with Crippen LogP contribution in [0.1, 0.15) is 26.3 Å². The standard InChI is InChI=1S/C14H19NO3/c1-14(2,3)18-13(16)15-11-8-10-6-4-5-7-12(10)17-9-11/h4-7,11H,8-9H2,1-3H3,(H,15,16)/t11-/m0/s1. The van der Waals surface area contributed by atoms with Crippen LogP contribution in [0.4, 0.5) is 4.79 Å². The molecule has 0 spiro atoms. The first-order valence-electron chi connectivity index (χ1n) is 6.14. The predicted molar refractivity (Wildman–Crippen MR) is 68.8 cm³/mol. The maximum atomic E-state index is 11.6. The van der Waals surface area contributed by atoms with Gasteiger partial charge in [0.15, 0.2) is 0 Å². The van der Waals surface area contributed by atoms with Gasteiger partial charge in [-0.3, -0.25) is 0 Å². The Morgan fingerprint density at radius 2 is 2.11 bits per heavy atom. The minimum atomic E-state index is -0.475. The van der Waals surface area contributed by atoms with E-state index in [4.69, 9.17) is 9.47 Å². The molecule has 4 nitrogen and oxygen atoms in total. The van der Waals surface area contributed by atoms with Crippen molar-refractivity contribution in [2.45, 2.75) is 38.8 Å². The van der Waals surface area contributed by atoms with Gasteiger partial charge in [0, 0.05) is 0 Å². The summed E-state index contributed by atoms with van der Waals surface area (Å²) in [4.78, 5) is 11.6. The second kappa shape index (κ2) is 4.88. The highest BCUT2D eigenvalue weighted by Gasteiger charge is 2.23. The highest BCUT2D eigenvalue weighted by molar-refractivity contribution is 5.68. The van der Waals surface area contributed by atoms with Crippen molar-refractivity contribution in [1.29, 1.82) is 0 Å². The van der Waals surface area contributed by atoms with Crippen LogP contribution in [0.2, 0.25) is 0 Å². The van der Waals surface area contributed by atoms with Gasteiger partial charge in [0.2, 0.25) is 0 Å². The van der Waals surface area contributed by atoms with E-state index in [0.717, 1.165) is 17.7 Å². The largest absolute Gasteiger partial charge is 0.491 e. The van der Waals surface area contributed by atoms with Gasteiger partial charge in [0.25, 0.3) is 0 Å². The molecule has 1 atom stereocenters. The van der Waals surface area contributed by atoms with Crippen LogP contribution < -0.4 is 10.1 Å². The third-order valence-corrected chi connectivity index (χ3v) is 2.60. The number of para-hydroxylation sites is 1. The van der Waals surface area contributed by atoms with Crippen molar-refractivity contribution < 1.29 is 14.3 Å². The van der Waals surface area contributed by atoms with E-state index in [1.54, 1.807) is 0 Å². The fourth-order valence-electron chi connectivity index (χ4n) is 1.89. The number of fused-ring (bicyclic) bond motifs is 1. The number of hydrogen-bond acceptors (Lipinski definition) is 3. The Hall–Kier alpha value is -1.71. The zero-order valence-electron chi connectivity index (χ0n) is 11.0. The van der Waals surface area contributed by atoms with Gasteiger partial charge >= 0.3 is 6.09 Å². The third-order valence-electron chi connectivity index (χ3n) is 2.60. The lowest BCUT2D eigenvalue weighted by Crippen LogP contribution is -2.44. The molecule has 0 aromatic heterocycles. The average Bonchev–Trinajstić information content (AvgIpc) is 2.26. The molecule has 98 valence electrons. The van der Waals surface area contributed by atoms with Crippen LogP contribution >= 0.6 is 0 Å². The van der Waals surface area contributed by atoms with Crippen LogP contribution in [-0.2, 0) is 11.2 Å². The fraction of sp³-hybridized carbons (Fsp3) is 0.500. The molecule has 1 amide bonds. The summed E-state index contributed by atoms with van der Waals surface area (Å²) in [6.07, 6.45) is 0.380. The predicted octanol–water partition coefficient (Wildman–Crippen LogP) is 2.51. The van der Waals surface area contributed by atoms with Crippen molar-refractivity contribution in [1.82, 2.24) is 5.32 Å². The summed E-state index contributed by atoms with van der Waals surface area (Å²) in [6, 6.07) is 7.84. The SMILES string of the molecule is CC(C)(C)OC(=O)N[C@@H]1COc2ccccc2C1. The van der Waals surface area contributed by atoms with Crippen molar-refractivity contribution in [2.75, 3.05) is 6.61 Å². The van der Waals surface area contributed by atoms with Crippen molar-refractivity contribution in [3.8, 4) is 5.75 Å². The Bertz CT molecular complexity index is 437. The first-order valence-corrected chi connectivity index (χ1v) is 6.14. The molecule has 0 saturated heterocycles. The van der Waals surface area contributed by atoms with Crippen LogP contribution in [-0.4, -0.2) is 24.3 Å². The van der Waals surface area contributed by atoms with Gasteiger partial charge in [-0.1, -0.05) is 18.2 Å². The molecule has 1 aliphatic rings. The number of ether oxygens (including phenoxy) is 2. The highest BCUT2D eigenvalue weighted by Crippen LogP contribution is 2.23. The van der Waals surface area contributed by atoms with E-state index >= 15 is 0 Å². The number of benzene rings is 1. The molecule has 1 aromatic rings. The van der Waals surface area contributed by atoms with E-state index in [1.165, 1.54) is 0 Å². The zero-order chi connectivity index (χ0) is 13.2. The van der Waals surface area contributed by atoms with Gasteiger partial charge in [-0.25, -0.2) is 4.79 Å². The quantitative estimate of drug-likeness (QED) is 0.832. The van der Waals surface area contributed by atoms with Crippen LogP contribution in [0.25, 0.3) is 0 Å². The lowest BCUT2D eigenvalue weighted by Gasteiger charge is -2.27. The van der Waals surface area contributed by atoms with Crippen LogP contribution in [0.5, 0.6) is 5.75 Å². The Morgan fingerprint density at radius 3 is 2.83 bits per heavy atom. The van der Waals surface area contributed by atoms with Crippen molar-refractivity contribution in [3.05, 3.63) is 29.8 Å². The van der Waals surface area contributed by atoms with E-state index in [-0.39, 0.29) is 6.04 Å². The number of nitrogens with one attached hydrogen (secondary N) is 1. The van der Waals surface area contributed by atoms with Gasteiger partial charge < -0.3 is 14.8 Å². The van der Waals surface area contributed by atoms with Crippen molar-refractivity contribution in [2.24, 2.45) is 0 Å². The summed E-state index contributed by atoms with van der Waals surface area (Å²) in [5.74, 6) is 0.903. The smallest absolute Gasteiger partial charge is 0.408 e. The van der Waals surface area contributed by atoms with E-state index in [0.29, 0.717) is 6.61 Å². The fourth-order valence-corrected chi connectivity index (χ4v) is 1.89. The Kier molecular flexibility index (Phi) is 3.45. The molecule has 0 fully saturated rings. The van der Waals surface area contributed by atoms with E-state index < -0.39 is 11.7 Å². The van der Waals surface area contributed by atoms with Crippen LogP contribution in [0.3, 0.4) is 0 Å². The molecule has 1 N–H and O–H groups in total. The second-order valence-corrected chi connectivity index (χ2v) is 5.47. The number of hydrogen-bond donors (Lipinski definition) is 1. The molecule has 0 saturated carbocycles. The van der Waals surface area contributed by atoms with Gasteiger partial charge in [-0.15, -0.1) is 0 Å². The van der Waals surface area contributed by atoms with Crippen LogP contribution in [0.15, 0.2) is 24.3 Å². The number of alkyl carbamates (subject to hydrolysis) is 1. The lowest BCUT2D eigenvalue weighted by atomic mass is 10.0. The molecule has 18 heavy (non-hydrogen) atoms. The third kappa shape index (κ3) is 3.39. The maximum Gasteiger partial charge on any atom is 0.408 e. The zero-order valence-corrected chi connectivity index (χ0v) is 11.0. The van der Waals surface area contributed by atoms with Crippen molar-refractivity contribution >= 4 is 6.09 Å². The van der Waals surface area contributed by atoms with Gasteiger partial charge in [0.05, 0.1) is 6.04 Å². The molecular weight excluding hydrogens is 230 g/mol. The van der Waals surface area contributed by atoms with Gasteiger partial charge in [-0.05, 0) is 38.8 Å². The summed E-state index contributed by atoms with van der Waals surface area (Å²) in [5, 5.41) is 2.83. The first-order chi connectivity index (χ1) is 8.44. The monoisotopic (exact) mass is 249 g/mol. The molecule has 4 heteroatoms. The van der Waals surface area contributed by atoms with E-state index in [9.17, 15) is 4.79 Å². The molecule has 0 bridgehead atoms. The summed E-state index contributed by atoms with van der Waals surface area (Å²) in [5.41, 5.74) is 0.641. The summed E-state index contributed by atoms with van der Waals surface area (Å²) >= 11 is 0. The minimum absolute atomic E-state index is 0.0326. The molecular formula is C14H19NO3. The first kappa shape index (κ1) is 12.7. The second-order valence-electron chi connectivity index (χ2n) is 5.47. The Morgan fingerprint density at radius 1 is 1.39 bits per heavy atom. The lowest BCUT2D eigenvalue weighted by molar-refractivity contribution is 0.0482. The minimum Gasteiger partial charge on any atom is -0.491 e. The van der Waals surface area contributed by atoms with E-state index in [2.05, 4.69) is 5.32 Å². The highest BCUT2D eigenvalue weighted by atomic mass is 16.6. The van der Waals surface area contributed by atoms with E-state index in [1.807, 2.05) is 45.0 Å². The Balaban J connectivity index is 1.92. The van der Waals surface area contributed by atoms with Gasteiger partial charge in [-0.2, -0.15) is 0 Å². The van der Waals surface area contributed by atoms with Gasteiger partial charge in [0.1, 0.15) is 18.0 Å². The number of rotatable bonds is 1. The maximum absolute atomic E-state index is 11.6. The molecule has 1 aliphatic heterocycles.